The predicted octanol–water partition coefficient (Wildman–Crippen LogP) is 1.41. The molecule has 33 heavy (non-hydrogen) atoms. The van der Waals surface area contributed by atoms with Crippen LogP contribution in [0.3, 0.4) is 0 Å². The highest BCUT2D eigenvalue weighted by atomic mass is 19.4. The summed E-state index contributed by atoms with van der Waals surface area (Å²) < 4.78 is 39.6. The number of hydrogen-bond acceptors (Lipinski definition) is 6. The van der Waals surface area contributed by atoms with E-state index in [2.05, 4.69) is 15.3 Å². The quantitative estimate of drug-likeness (QED) is 0.615. The summed E-state index contributed by atoms with van der Waals surface area (Å²) in [4.78, 5) is 35.3. The van der Waals surface area contributed by atoms with Crippen LogP contribution in [0.15, 0.2) is 24.5 Å². The molecule has 2 unspecified atom stereocenters. The van der Waals surface area contributed by atoms with E-state index in [1.807, 2.05) is 0 Å². The van der Waals surface area contributed by atoms with Crippen molar-refractivity contribution in [1.29, 1.82) is 0 Å². The van der Waals surface area contributed by atoms with E-state index in [0.717, 1.165) is 18.6 Å². The Hall–Kier alpha value is -2.79. The molecule has 2 aliphatic rings. The molecule has 2 amide bonds. The molecular formula is C22H28F3N6O2+. The summed E-state index contributed by atoms with van der Waals surface area (Å²) in [7, 11) is 0. The normalized spacial score (nSPS) is 26.1. The van der Waals surface area contributed by atoms with Crippen LogP contribution in [-0.4, -0.2) is 57.4 Å². The SMILES string of the molecule is CCC(=O)[NH2+]C1C[C@H](N)CC[C@@H]1N1CCC(Nc2ncnc3ccc(C(F)(F)F)cc23)C1=O. The number of rotatable bonds is 5. The molecule has 4 rings (SSSR count). The first kappa shape index (κ1) is 23.4. The van der Waals surface area contributed by atoms with Gasteiger partial charge in [0, 0.05) is 24.4 Å². The molecule has 0 radical (unpaired) electrons. The molecular weight excluding hydrogens is 437 g/mol. The van der Waals surface area contributed by atoms with Crippen molar-refractivity contribution in [3.05, 3.63) is 30.1 Å². The molecule has 178 valence electrons. The number of likely N-dealkylation sites (tertiary alicyclic amines) is 1. The van der Waals surface area contributed by atoms with Gasteiger partial charge in [-0.3, -0.25) is 10.1 Å². The van der Waals surface area contributed by atoms with Crippen LogP contribution in [0.2, 0.25) is 0 Å². The number of quaternary nitrogens is 1. The Morgan fingerprint density at radius 3 is 2.79 bits per heavy atom. The summed E-state index contributed by atoms with van der Waals surface area (Å²) in [6.45, 7) is 2.30. The number of primary amides is 1. The second-order valence-electron chi connectivity index (χ2n) is 8.76. The molecule has 4 atom stereocenters. The van der Waals surface area contributed by atoms with E-state index >= 15 is 0 Å². The number of hydrogen-bond donors (Lipinski definition) is 3. The molecule has 2 fully saturated rings. The fourth-order valence-electron chi connectivity index (χ4n) is 4.82. The molecule has 5 N–H and O–H groups in total. The fraction of sp³-hybridized carbons (Fsp3) is 0.545. The van der Waals surface area contributed by atoms with Gasteiger partial charge < -0.3 is 16.0 Å². The number of alkyl halides is 3. The highest BCUT2D eigenvalue weighted by Crippen LogP contribution is 2.33. The van der Waals surface area contributed by atoms with Crippen LogP contribution in [0.25, 0.3) is 10.9 Å². The largest absolute Gasteiger partial charge is 0.416 e. The van der Waals surface area contributed by atoms with Crippen molar-refractivity contribution in [2.24, 2.45) is 5.73 Å². The monoisotopic (exact) mass is 465 g/mol. The molecule has 1 aliphatic heterocycles. The fourth-order valence-corrected chi connectivity index (χ4v) is 4.82. The Kier molecular flexibility index (Phi) is 6.53. The first-order valence-corrected chi connectivity index (χ1v) is 11.2. The van der Waals surface area contributed by atoms with E-state index < -0.39 is 17.8 Å². The average Bonchev–Trinajstić information content (AvgIpc) is 3.13. The van der Waals surface area contributed by atoms with E-state index in [1.54, 1.807) is 17.1 Å². The first-order chi connectivity index (χ1) is 15.7. The van der Waals surface area contributed by atoms with E-state index in [1.165, 1.54) is 12.4 Å². The summed E-state index contributed by atoms with van der Waals surface area (Å²) in [5.41, 5.74) is 5.68. The number of amides is 2. The second kappa shape index (κ2) is 9.22. The van der Waals surface area contributed by atoms with Gasteiger partial charge in [0.2, 0.25) is 5.91 Å². The maximum absolute atomic E-state index is 13.3. The molecule has 2 aromatic rings. The third-order valence-electron chi connectivity index (χ3n) is 6.56. The number of nitrogens with zero attached hydrogens (tertiary/aromatic N) is 3. The Balaban J connectivity index is 1.54. The number of nitrogens with two attached hydrogens (primary N) is 2. The van der Waals surface area contributed by atoms with Gasteiger partial charge >= 0.3 is 12.1 Å². The van der Waals surface area contributed by atoms with E-state index in [9.17, 15) is 22.8 Å². The van der Waals surface area contributed by atoms with Crippen LogP contribution in [0, 0.1) is 0 Å². The topological polar surface area (TPSA) is 118 Å². The third kappa shape index (κ3) is 4.93. The molecule has 1 aliphatic carbocycles. The van der Waals surface area contributed by atoms with Crippen LogP contribution in [0.4, 0.5) is 19.0 Å². The Bertz CT molecular complexity index is 1050. The lowest BCUT2D eigenvalue weighted by Crippen LogP contribution is -2.97. The standard InChI is InChI=1S/C22H27F3N6O2/c1-2-19(32)29-17-10-13(26)4-6-18(17)31-8-7-16(21(31)33)30-20-14-9-12(22(23,24)25)3-5-15(14)27-11-28-20/h3,5,9,11,13,16-18H,2,4,6-8,10,26H2,1H3,(H,29,32)(H,27,28,30)/p+1/t13-,16?,17?,18+/m1/s1. The number of benzene rings is 1. The highest BCUT2D eigenvalue weighted by molar-refractivity contribution is 5.93. The van der Waals surface area contributed by atoms with Crippen LogP contribution >= 0.6 is 0 Å². The van der Waals surface area contributed by atoms with Gasteiger partial charge in [0.05, 0.1) is 23.5 Å². The van der Waals surface area contributed by atoms with Crippen LogP contribution in [-0.2, 0) is 15.8 Å². The van der Waals surface area contributed by atoms with Gasteiger partial charge in [0.25, 0.3) is 0 Å². The predicted molar refractivity (Wildman–Crippen MR) is 115 cm³/mol. The first-order valence-electron chi connectivity index (χ1n) is 11.2. The molecule has 1 aromatic carbocycles. The third-order valence-corrected chi connectivity index (χ3v) is 6.56. The molecule has 2 heterocycles. The minimum absolute atomic E-state index is 0.00556. The van der Waals surface area contributed by atoms with Crippen molar-refractivity contribution in [2.45, 2.75) is 69.4 Å². The smallest absolute Gasteiger partial charge is 0.358 e. The zero-order chi connectivity index (χ0) is 23.8. The number of fused-ring (bicyclic) bond motifs is 1. The number of carbonyl (C=O) groups is 2. The van der Waals surface area contributed by atoms with Gasteiger partial charge in [-0.05, 0) is 37.5 Å². The van der Waals surface area contributed by atoms with Gasteiger partial charge in [0.1, 0.15) is 24.2 Å². The van der Waals surface area contributed by atoms with Crippen molar-refractivity contribution in [3.63, 3.8) is 0 Å². The Morgan fingerprint density at radius 2 is 2.06 bits per heavy atom. The van der Waals surface area contributed by atoms with Gasteiger partial charge in [-0.15, -0.1) is 0 Å². The minimum Gasteiger partial charge on any atom is -0.358 e. The van der Waals surface area contributed by atoms with Gasteiger partial charge in [0.15, 0.2) is 0 Å². The van der Waals surface area contributed by atoms with Gasteiger partial charge in [-0.25, -0.2) is 14.8 Å². The molecule has 8 nitrogen and oxygen atoms in total. The number of nitrogens with one attached hydrogen (secondary N) is 1. The molecule has 0 bridgehead atoms. The van der Waals surface area contributed by atoms with Crippen LogP contribution in [0.5, 0.6) is 0 Å². The Labute approximate surface area is 189 Å². The number of halogens is 3. The lowest BCUT2D eigenvalue weighted by molar-refractivity contribution is -0.614. The number of aromatic nitrogens is 2. The van der Waals surface area contributed by atoms with Gasteiger partial charge in [-0.2, -0.15) is 13.2 Å². The van der Waals surface area contributed by atoms with Crippen molar-refractivity contribution in [1.82, 2.24) is 14.9 Å². The molecule has 0 spiro atoms. The number of anilines is 1. The van der Waals surface area contributed by atoms with Crippen LogP contribution < -0.4 is 16.4 Å². The number of carbonyl (C=O) groups excluding carboxylic acids is 2. The maximum Gasteiger partial charge on any atom is 0.416 e. The van der Waals surface area contributed by atoms with Crippen LogP contribution in [0.1, 0.15) is 44.6 Å². The zero-order valence-electron chi connectivity index (χ0n) is 18.3. The maximum atomic E-state index is 13.3. The summed E-state index contributed by atoms with van der Waals surface area (Å²) in [5.74, 6) is 0.0890. The molecule has 1 saturated heterocycles. The Morgan fingerprint density at radius 1 is 1.27 bits per heavy atom. The summed E-state index contributed by atoms with van der Waals surface area (Å²) >= 11 is 0. The summed E-state index contributed by atoms with van der Waals surface area (Å²) in [5, 5.41) is 4.96. The average molecular weight is 466 g/mol. The van der Waals surface area contributed by atoms with Crippen molar-refractivity contribution >= 4 is 28.5 Å². The van der Waals surface area contributed by atoms with E-state index in [-0.39, 0.29) is 41.1 Å². The highest BCUT2D eigenvalue weighted by Gasteiger charge is 2.43. The summed E-state index contributed by atoms with van der Waals surface area (Å²) in [6, 6.07) is 2.44. The molecule has 11 heteroatoms. The van der Waals surface area contributed by atoms with Crippen molar-refractivity contribution in [3.8, 4) is 0 Å². The summed E-state index contributed by atoms with van der Waals surface area (Å²) in [6.07, 6.45) is -0.215. The molecule has 1 saturated carbocycles. The zero-order valence-corrected chi connectivity index (χ0v) is 18.3. The van der Waals surface area contributed by atoms with Crippen molar-refractivity contribution in [2.75, 3.05) is 11.9 Å². The molecule has 1 aromatic heterocycles. The van der Waals surface area contributed by atoms with Gasteiger partial charge in [-0.1, -0.05) is 6.92 Å². The van der Waals surface area contributed by atoms with Crippen molar-refractivity contribution < 1.29 is 28.1 Å². The lowest BCUT2D eigenvalue weighted by atomic mass is 9.86. The second-order valence-corrected chi connectivity index (χ2v) is 8.76. The van der Waals surface area contributed by atoms with E-state index in [0.29, 0.717) is 37.7 Å². The minimum atomic E-state index is -4.50. The lowest BCUT2D eigenvalue weighted by Gasteiger charge is -2.37. The van der Waals surface area contributed by atoms with E-state index in [4.69, 9.17) is 5.73 Å².